The molecule has 0 unspecified atom stereocenters. The van der Waals surface area contributed by atoms with Gasteiger partial charge in [0.15, 0.2) is 0 Å². The third-order valence-electron chi connectivity index (χ3n) is 3.19. The Kier molecular flexibility index (Phi) is 3.66. The van der Waals surface area contributed by atoms with Crippen LogP contribution in [0.4, 0.5) is 5.82 Å². The molecular weight excluding hydrogens is 232 g/mol. The molecule has 2 heterocycles. The van der Waals surface area contributed by atoms with E-state index in [4.69, 9.17) is 0 Å². The Morgan fingerprint density at radius 3 is 2.61 bits per heavy atom. The lowest BCUT2D eigenvalue weighted by atomic mass is 10.2. The van der Waals surface area contributed by atoms with Crippen LogP contribution >= 0.6 is 0 Å². The molecule has 1 aliphatic rings. The van der Waals surface area contributed by atoms with Crippen LogP contribution in [0.1, 0.15) is 10.4 Å². The van der Waals surface area contributed by atoms with Crippen LogP contribution in [0.25, 0.3) is 0 Å². The molecule has 1 aromatic rings. The van der Waals surface area contributed by atoms with E-state index in [0.29, 0.717) is 0 Å². The van der Waals surface area contributed by atoms with Gasteiger partial charge in [-0.15, -0.1) is 0 Å². The maximum absolute atomic E-state index is 12.1. The van der Waals surface area contributed by atoms with Crippen molar-refractivity contribution in [2.45, 2.75) is 0 Å². The van der Waals surface area contributed by atoms with E-state index < -0.39 is 0 Å². The van der Waals surface area contributed by atoms with Gasteiger partial charge < -0.3 is 15.5 Å². The van der Waals surface area contributed by atoms with Crippen molar-refractivity contribution in [3.8, 4) is 0 Å². The number of rotatable bonds is 2. The van der Waals surface area contributed by atoms with Crippen molar-refractivity contribution in [1.29, 1.82) is 0 Å². The van der Waals surface area contributed by atoms with Gasteiger partial charge in [0.05, 0.1) is 0 Å². The maximum Gasteiger partial charge on any atom is 0.264 e. The number of carbonyl (C=O) groups is 1. The fraction of sp³-hybridized carbons (Fsp3) is 0.500. The van der Waals surface area contributed by atoms with Crippen LogP contribution in [-0.4, -0.2) is 43.7 Å². The largest absolute Gasteiger partial charge is 0.355 e. The number of hydrogen-bond acceptors (Lipinski definition) is 4. The topological polar surface area (TPSA) is 66.4 Å². The van der Waals surface area contributed by atoms with Crippen molar-refractivity contribution in [3.63, 3.8) is 0 Å². The second kappa shape index (κ2) is 5.22. The normalized spacial score (nSPS) is 15.6. The van der Waals surface area contributed by atoms with Crippen LogP contribution in [0.15, 0.2) is 16.9 Å². The summed E-state index contributed by atoms with van der Waals surface area (Å²) in [7, 11) is 3.22. The Morgan fingerprint density at radius 1 is 1.33 bits per heavy atom. The molecule has 1 saturated heterocycles. The fourth-order valence-electron chi connectivity index (χ4n) is 2.14. The summed E-state index contributed by atoms with van der Waals surface area (Å²) in [5.74, 6) is 0.511. The third kappa shape index (κ3) is 2.24. The van der Waals surface area contributed by atoms with E-state index in [-0.39, 0.29) is 17.0 Å². The standard InChI is InChI=1S/C12H18N4O2/c1-13-11(17)9-3-4-10(15(2)12(9)18)16-7-5-14-6-8-16/h3-4,14H,5-8H2,1-2H3,(H,13,17). The number of pyridine rings is 1. The number of amides is 1. The first-order valence-electron chi connectivity index (χ1n) is 6.03. The molecule has 6 nitrogen and oxygen atoms in total. The summed E-state index contributed by atoms with van der Waals surface area (Å²) in [5, 5.41) is 5.74. The van der Waals surface area contributed by atoms with Gasteiger partial charge in [-0.2, -0.15) is 0 Å². The summed E-state index contributed by atoms with van der Waals surface area (Å²) < 4.78 is 1.54. The molecule has 2 N–H and O–H groups in total. The monoisotopic (exact) mass is 250 g/mol. The van der Waals surface area contributed by atoms with E-state index in [1.165, 1.54) is 11.6 Å². The molecule has 98 valence electrons. The van der Waals surface area contributed by atoms with Crippen molar-refractivity contribution >= 4 is 11.7 Å². The van der Waals surface area contributed by atoms with Crippen LogP contribution in [0, 0.1) is 0 Å². The van der Waals surface area contributed by atoms with E-state index in [1.807, 2.05) is 6.07 Å². The molecule has 1 amide bonds. The van der Waals surface area contributed by atoms with Crippen molar-refractivity contribution in [1.82, 2.24) is 15.2 Å². The molecule has 0 spiro atoms. The number of hydrogen-bond donors (Lipinski definition) is 2. The van der Waals surface area contributed by atoms with Gasteiger partial charge in [-0.1, -0.05) is 0 Å². The minimum absolute atomic E-state index is 0.180. The van der Waals surface area contributed by atoms with Crippen molar-refractivity contribution in [3.05, 3.63) is 28.0 Å². The Morgan fingerprint density at radius 2 is 2.00 bits per heavy atom. The number of carbonyl (C=O) groups excluding carboxylic acids is 1. The van der Waals surface area contributed by atoms with E-state index in [0.717, 1.165) is 32.0 Å². The molecular formula is C12H18N4O2. The minimum atomic E-state index is -0.345. The highest BCUT2D eigenvalue weighted by molar-refractivity contribution is 5.93. The molecule has 2 rings (SSSR count). The van der Waals surface area contributed by atoms with Gasteiger partial charge in [0.2, 0.25) is 0 Å². The second-order valence-electron chi connectivity index (χ2n) is 4.29. The number of nitrogens with zero attached hydrogens (tertiary/aromatic N) is 2. The van der Waals surface area contributed by atoms with Gasteiger partial charge in [-0.3, -0.25) is 14.2 Å². The quantitative estimate of drug-likeness (QED) is 0.718. The third-order valence-corrected chi connectivity index (χ3v) is 3.19. The van der Waals surface area contributed by atoms with Gasteiger partial charge in [0.1, 0.15) is 11.4 Å². The first-order valence-corrected chi connectivity index (χ1v) is 6.03. The van der Waals surface area contributed by atoms with Crippen molar-refractivity contribution in [2.24, 2.45) is 7.05 Å². The van der Waals surface area contributed by atoms with Gasteiger partial charge in [-0.05, 0) is 12.1 Å². The molecule has 1 aliphatic heterocycles. The molecule has 18 heavy (non-hydrogen) atoms. The van der Waals surface area contributed by atoms with Crippen LogP contribution in [0.2, 0.25) is 0 Å². The average Bonchev–Trinajstić information content (AvgIpc) is 2.42. The number of anilines is 1. The van der Waals surface area contributed by atoms with Gasteiger partial charge in [0.25, 0.3) is 11.5 Å². The average molecular weight is 250 g/mol. The zero-order valence-electron chi connectivity index (χ0n) is 10.7. The molecule has 0 aliphatic carbocycles. The minimum Gasteiger partial charge on any atom is -0.355 e. The van der Waals surface area contributed by atoms with Crippen molar-refractivity contribution in [2.75, 3.05) is 38.1 Å². The summed E-state index contributed by atoms with van der Waals surface area (Å²) in [4.78, 5) is 25.8. The lowest BCUT2D eigenvalue weighted by Crippen LogP contribution is -2.45. The smallest absolute Gasteiger partial charge is 0.264 e. The first-order chi connectivity index (χ1) is 8.65. The van der Waals surface area contributed by atoms with E-state index in [9.17, 15) is 9.59 Å². The molecule has 0 atom stereocenters. The van der Waals surface area contributed by atoms with E-state index in [2.05, 4.69) is 15.5 Å². The van der Waals surface area contributed by atoms with E-state index in [1.54, 1.807) is 13.1 Å². The molecule has 0 saturated carbocycles. The summed E-state index contributed by atoms with van der Waals surface area (Å²) in [5.41, 5.74) is -0.0794. The summed E-state index contributed by atoms with van der Waals surface area (Å²) in [6.07, 6.45) is 0. The van der Waals surface area contributed by atoms with E-state index >= 15 is 0 Å². The molecule has 6 heteroatoms. The predicted octanol–water partition coefficient (Wildman–Crippen LogP) is -0.845. The highest BCUT2D eigenvalue weighted by Gasteiger charge is 2.16. The van der Waals surface area contributed by atoms with Crippen LogP contribution in [-0.2, 0) is 7.05 Å². The van der Waals surface area contributed by atoms with Crippen LogP contribution < -0.4 is 21.1 Å². The second-order valence-corrected chi connectivity index (χ2v) is 4.29. The molecule has 1 aromatic heterocycles. The molecule has 0 aromatic carbocycles. The Bertz CT molecular complexity index is 503. The Labute approximate surface area is 106 Å². The summed E-state index contributed by atoms with van der Waals surface area (Å²) in [6, 6.07) is 3.43. The van der Waals surface area contributed by atoms with Gasteiger partial charge in [-0.25, -0.2) is 0 Å². The van der Waals surface area contributed by atoms with Crippen molar-refractivity contribution < 1.29 is 4.79 Å². The predicted molar refractivity (Wildman–Crippen MR) is 70.2 cm³/mol. The summed E-state index contributed by atoms with van der Waals surface area (Å²) >= 11 is 0. The molecule has 0 radical (unpaired) electrons. The number of piperazine rings is 1. The van der Waals surface area contributed by atoms with Crippen LogP contribution in [0.3, 0.4) is 0 Å². The summed E-state index contributed by atoms with van der Waals surface area (Å²) in [6.45, 7) is 3.55. The zero-order valence-corrected chi connectivity index (χ0v) is 10.7. The zero-order chi connectivity index (χ0) is 13.1. The highest BCUT2D eigenvalue weighted by atomic mass is 16.2. The lowest BCUT2D eigenvalue weighted by Gasteiger charge is -2.30. The lowest BCUT2D eigenvalue weighted by molar-refractivity contribution is 0.0961. The maximum atomic E-state index is 12.1. The molecule has 1 fully saturated rings. The fourth-order valence-corrected chi connectivity index (χ4v) is 2.14. The Hall–Kier alpha value is -1.82. The van der Waals surface area contributed by atoms with Crippen LogP contribution in [0.5, 0.6) is 0 Å². The molecule has 0 bridgehead atoms. The highest BCUT2D eigenvalue weighted by Crippen LogP contribution is 2.12. The van der Waals surface area contributed by atoms with Gasteiger partial charge >= 0.3 is 0 Å². The SMILES string of the molecule is CNC(=O)c1ccc(N2CCNCC2)n(C)c1=O. The number of nitrogens with one attached hydrogen (secondary N) is 2. The van der Waals surface area contributed by atoms with Gasteiger partial charge in [0, 0.05) is 40.3 Å². The first kappa shape index (κ1) is 12.6. The Balaban J connectivity index is 2.37. The number of aromatic nitrogens is 1.